The average molecular weight is 246 g/mol. The van der Waals surface area contributed by atoms with Gasteiger partial charge in [-0.3, -0.25) is 0 Å². The highest BCUT2D eigenvalue weighted by Crippen LogP contribution is 2.26. The monoisotopic (exact) mass is 246 g/mol. The first kappa shape index (κ1) is 13.6. The van der Waals surface area contributed by atoms with Gasteiger partial charge in [0.1, 0.15) is 0 Å². The molecule has 1 fully saturated rings. The van der Waals surface area contributed by atoms with Gasteiger partial charge in [-0.05, 0) is 49.9 Å². The Bertz CT molecular complexity index is 380. The Morgan fingerprint density at radius 3 is 2.78 bits per heavy atom. The van der Waals surface area contributed by atoms with Crippen molar-refractivity contribution in [2.45, 2.75) is 33.2 Å². The minimum Gasteiger partial charge on any atom is -0.316 e. The van der Waals surface area contributed by atoms with Crippen LogP contribution in [0, 0.1) is 12.3 Å². The topological polar surface area (TPSA) is 15.3 Å². The summed E-state index contributed by atoms with van der Waals surface area (Å²) in [4.78, 5) is 2.47. The van der Waals surface area contributed by atoms with E-state index < -0.39 is 0 Å². The van der Waals surface area contributed by atoms with Gasteiger partial charge in [-0.2, -0.15) is 0 Å². The van der Waals surface area contributed by atoms with Gasteiger partial charge >= 0.3 is 0 Å². The Balaban J connectivity index is 1.92. The number of piperidine rings is 1. The van der Waals surface area contributed by atoms with E-state index in [-0.39, 0.29) is 0 Å². The van der Waals surface area contributed by atoms with Crippen LogP contribution in [0.5, 0.6) is 0 Å². The van der Waals surface area contributed by atoms with E-state index in [0.29, 0.717) is 5.41 Å². The molecule has 100 valence electrons. The van der Waals surface area contributed by atoms with Crippen molar-refractivity contribution in [3.63, 3.8) is 0 Å². The molecule has 1 N–H and O–H groups in total. The molecule has 1 atom stereocenters. The highest BCUT2D eigenvalue weighted by Gasteiger charge is 2.27. The zero-order chi connectivity index (χ0) is 13.0. The Morgan fingerprint density at radius 1 is 1.33 bits per heavy atom. The molecule has 0 spiro atoms. The minimum absolute atomic E-state index is 0.440. The van der Waals surface area contributed by atoms with Crippen LogP contribution in [-0.2, 0) is 6.54 Å². The third-order valence-corrected chi connectivity index (χ3v) is 4.04. The second-order valence-electron chi connectivity index (χ2n) is 6.19. The highest BCUT2D eigenvalue weighted by atomic mass is 15.1. The fourth-order valence-corrected chi connectivity index (χ4v) is 3.04. The van der Waals surface area contributed by atoms with Crippen molar-refractivity contribution < 1.29 is 0 Å². The van der Waals surface area contributed by atoms with Gasteiger partial charge in [-0.1, -0.05) is 31.2 Å². The van der Waals surface area contributed by atoms with Gasteiger partial charge in [-0.25, -0.2) is 0 Å². The highest BCUT2D eigenvalue weighted by molar-refractivity contribution is 5.25. The van der Waals surface area contributed by atoms with Crippen LogP contribution < -0.4 is 5.32 Å². The molecule has 1 unspecified atom stereocenters. The van der Waals surface area contributed by atoms with Crippen molar-refractivity contribution in [2.24, 2.45) is 5.41 Å². The molecule has 1 aromatic carbocycles. The summed E-state index contributed by atoms with van der Waals surface area (Å²) in [6.07, 6.45) is 2.66. The summed E-state index contributed by atoms with van der Waals surface area (Å²) in [7, 11) is 2.24. The molecule has 0 saturated carbocycles. The number of hydrogen-bond donors (Lipinski definition) is 1. The molecule has 0 radical (unpaired) electrons. The molecule has 1 aromatic rings. The summed E-state index contributed by atoms with van der Waals surface area (Å²) in [5.74, 6) is 0. The third kappa shape index (κ3) is 3.56. The van der Waals surface area contributed by atoms with E-state index in [9.17, 15) is 0 Å². The maximum Gasteiger partial charge on any atom is 0.0233 e. The molecule has 1 heterocycles. The van der Waals surface area contributed by atoms with Gasteiger partial charge in [0.2, 0.25) is 0 Å². The summed E-state index contributed by atoms with van der Waals surface area (Å²) < 4.78 is 0. The van der Waals surface area contributed by atoms with E-state index in [2.05, 4.69) is 55.4 Å². The van der Waals surface area contributed by atoms with Crippen LogP contribution in [-0.4, -0.2) is 31.6 Å². The number of benzene rings is 1. The van der Waals surface area contributed by atoms with Crippen molar-refractivity contribution >= 4 is 0 Å². The van der Waals surface area contributed by atoms with Crippen LogP contribution in [0.1, 0.15) is 30.9 Å². The minimum atomic E-state index is 0.440. The van der Waals surface area contributed by atoms with Crippen molar-refractivity contribution in [1.29, 1.82) is 0 Å². The summed E-state index contributed by atoms with van der Waals surface area (Å²) in [6, 6.07) is 8.70. The molecular weight excluding hydrogens is 220 g/mol. The maximum absolute atomic E-state index is 3.53. The lowest BCUT2D eigenvalue weighted by atomic mass is 9.82. The Labute approximate surface area is 111 Å². The fraction of sp³-hybridized carbons (Fsp3) is 0.625. The molecule has 2 heteroatoms. The fourth-order valence-electron chi connectivity index (χ4n) is 3.04. The molecular formula is C16H26N2. The first-order valence-corrected chi connectivity index (χ1v) is 7.03. The van der Waals surface area contributed by atoms with Gasteiger partial charge in [0.25, 0.3) is 0 Å². The number of rotatable bonds is 4. The summed E-state index contributed by atoms with van der Waals surface area (Å²) in [5.41, 5.74) is 3.29. The van der Waals surface area contributed by atoms with Crippen molar-refractivity contribution in [3.8, 4) is 0 Å². The lowest BCUT2D eigenvalue weighted by Gasteiger charge is -2.37. The van der Waals surface area contributed by atoms with Crippen LogP contribution >= 0.6 is 0 Å². The Hall–Kier alpha value is -0.860. The Morgan fingerprint density at radius 2 is 2.11 bits per heavy atom. The van der Waals surface area contributed by atoms with Crippen LogP contribution in [0.4, 0.5) is 0 Å². The lowest BCUT2D eigenvalue weighted by Crippen LogP contribution is -2.44. The van der Waals surface area contributed by atoms with Gasteiger partial charge in [0.05, 0.1) is 0 Å². The second-order valence-corrected chi connectivity index (χ2v) is 6.19. The Kier molecular flexibility index (Phi) is 4.41. The molecule has 0 aromatic heterocycles. The molecule has 0 aliphatic carbocycles. The predicted molar refractivity (Wildman–Crippen MR) is 77.7 cm³/mol. The predicted octanol–water partition coefficient (Wildman–Crippen LogP) is 2.82. The van der Waals surface area contributed by atoms with E-state index in [4.69, 9.17) is 0 Å². The summed E-state index contributed by atoms with van der Waals surface area (Å²) >= 11 is 0. The molecule has 1 aliphatic heterocycles. The number of hydrogen-bond acceptors (Lipinski definition) is 2. The average Bonchev–Trinajstić information content (AvgIpc) is 2.32. The van der Waals surface area contributed by atoms with Crippen LogP contribution in [0.3, 0.4) is 0 Å². The number of nitrogens with zero attached hydrogens (tertiary/aromatic N) is 1. The van der Waals surface area contributed by atoms with E-state index in [0.717, 1.165) is 13.1 Å². The standard InChI is InChI=1S/C16H26N2/c1-14-7-4-5-8-15(14)11-18(3)13-16(2)9-6-10-17-12-16/h4-5,7-8,17H,6,9-13H2,1-3H3. The van der Waals surface area contributed by atoms with Gasteiger partial charge in [0, 0.05) is 19.6 Å². The number of nitrogens with one attached hydrogen (secondary N) is 1. The molecule has 2 rings (SSSR count). The summed E-state index contributed by atoms with van der Waals surface area (Å²) in [6.45, 7) is 9.19. The summed E-state index contributed by atoms with van der Waals surface area (Å²) in [5, 5.41) is 3.53. The van der Waals surface area contributed by atoms with E-state index in [1.54, 1.807) is 0 Å². The number of aryl methyl sites for hydroxylation is 1. The van der Waals surface area contributed by atoms with Gasteiger partial charge in [-0.15, -0.1) is 0 Å². The van der Waals surface area contributed by atoms with Crippen molar-refractivity contribution in [1.82, 2.24) is 10.2 Å². The van der Waals surface area contributed by atoms with Crippen LogP contribution in [0.25, 0.3) is 0 Å². The van der Waals surface area contributed by atoms with E-state index >= 15 is 0 Å². The first-order valence-electron chi connectivity index (χ1n) is 7.03. The third-order valence-electron chi connectivity index (χ3n) is 4.04. The van der Waals surface area contributed by atoms with Gasteiger partial charge in [0.15, 0.2) is 0 Å². The molecule has 18 heavy (non-hydrogen) atoms. The zero-order valence-electron chi connectivity index (χ0n) is 12.0. The van der Waals surface area contributed by atoms with E-state index in [1.165, 1.54) is 37.1 Å². The normalized spacial score (nSPS) is 24.4. The molecule has 1 aliphatic rings. The smallest absolute Gasteiger partial charge is 0.0233 e. The molecule has 0 bridgehead atoms. The van der Waals surface area contributed by atoms with Crippen LogP contribution in [0.15, 0.2) is 24.3 Å². The quantitative estimate of drug-likeness (QED) is 0.879. The van der Waals surface area contributed by atoms with Crippen molar-refractivity contribution in [3.05, 3.63) is 35.4 Å². The SMILES string of the molecule is Cc1ccccc1CN(C)CC1(C)CCCNC1. The zero-order valence-corrected chi connectivity index (χ0v) is 12.0. The maximum atomic E-state index is 3.53. The lowest BCUT2D eigenvalue weighted by molar-refractivity contribution is 0.148. The molecule has 2 nitrogen and oxygen atoms in total. The van der Waals surface area contributed by atoms with Crippen molar-refractivity contribution in [2.75, 3.05) is 26.7 Å². The molecule has 1 saturated heterocycles. The van der Waals surface area contributed by atoms with Crippen LogP contribution in [0.2, 0.25) is 0 Å². The second kappa shape index (κ2) is 5.85. The molecule has 0 amide bonds. The largest absolute Gasteiger partial charge is 0.316 e. The van der Waals surface area contributed by atoms with E-state index in [1.807, 2.05) is 0 Å². The first-order chi connectivity index (χ1) is 8.59. The van der Waals surface area contributed by atoms with Gasteiger partial charge < -0.3 is 10.2 Å².